The Labute approximate surface area is 250 Å². The molecule has 0 unspecified atom stereocenters. The first-order chi connectivity index (χ1) is 20.6. The van der Waals surface area contributed by atoms with Gasteiger partial charge < -0.3 is 14.2 Å². The van der Waals surface area contributed by atoms with E-state index in [-0.39, 0.29) is 0 Å². The topological polar surface area (TPSA) is 27.7 Å². The Balaban J connectivity index is 1.34. The number of rotatable bonds is 12. The van der Waals surface area contributed by atoms with Crippen LogP contribution in [0.25, 0.3) is 6.08 Å². The minimum absolute atomic E-state index is 0.510. The molecule has 0 amide bonds. The fraction of sp³-hybridized carbons (Fsp3) is 0.179. The normalized spacial score (nSPS) is 11.0. The molecule has 0 spiro atoms. The second-order valence-corrected chi connectivity index (χ2v) is 10.5. The van der Waals surface area contributed by atoms with Crippen molar-refractivity contribution in [3.8, 4) is 17.2 Å². The van der Waals surface area contributed by atoms with Crippen molar-refractivity contribution in [2.75, 3.05) is 0 Å². The third kappa shape index (κ3) is 7.50. The maximum Gasteiger partial charge on any atom is 0.130 e. The molecule has 42 heavy (non-hydrogen) atoms. The fourth-order valence-corrected chi connectivity index (χ4v) is 4.95. The molecule has 5 rings (SSSR count). The van der Waals surface area contributed by atoms with Crippen LogP contribution in [0.2, 0.25) is 0 Å². The number of ether oxygens (including phenoxy) is 3. The summed E-state index contributed by atoms with van der Waals surface area (Å²) < 4.78 is 18.9. The number of hydrogen-bond donors (Lipinski definition) is 0. The summed E-state index contributed by atoms with van der Waals surface area (Å²) in [5, 5.41) is 0. The zero-order valence-electron chi connectivity index (χ0n) is 24.7. The molecule has 0 saturated heterocycles. The highest BCUT2D eigenvalue weighted by molar-refractivity contribution is 5.69. The van der Waals surface area contributed by atoms with Gasteiger partial charge in [-0.05, 0) is 72.7 Å². The lowest BCUT2D eigenvalue weighted by atomic mass is 9.96. The summed E-state index contributed by atoms with van der Waals surface area (Å²) in [4.78, 5) is 0. The van der Waals surface area contributed by atoms with Crippen LogP contribution in [-0.2, 0) is 26.2 Å². The van der Waals surface area contributed by atoms with Gasteiger partial charge in [0.15, 0.2) is 0 Å². The van der Waals surface area contributed by atoms with Gasteiger partial charge in [-0.3, -0.25) is 0 Å². The molecule has 212 valence electrons. The lowest BCUT2D eigenvalue weighted by molar-refractivity contribution is 0.291. The van der Waals surface area contributed by atoms with E-state index in [1.54, 1.807) is 0 Å². The molecule has 0 saturated carbocycles. The van der Waals surface area contributed by atoms with E-state index in [0.29, 0.717) is 19.8 Å². The van der Waals surface area contributed by atoms with E-state index in [9.17, 15) is 0 Å². The van der Waals surface area contributed by atoms with E-state index in [2.05, 4.69) is 81.5 Å². The third-order valence-electron chi connectivity index (χ3n) is 7.49. The smallest absolute Gasteiger partial charge is 0.130 e. The quantitative estimate of drug-likeness (QED) is 0.154. The van der Waals surface area contributed by atoms with Crippen LogP contribution in [-0.4, -0.2) is 0 Å². The monoisotopic (exact) mass is 554 g/mol. The summed E-state index contributed by atoms with van der Waals surface area (Å²) in [6.45, 7) is 7.96. The second-order valence-electron chi connectivity index (χ2n) is 10.5. The molecule has 3 heteroatoms. The summed E-state index contributed by atoms with van der Waals surface area (Å²) in [7, 11) is 0. The molecule has 5 aromatic rings. The van der Waals surface area contributed by atoms with Crippen LogP contribution in [0, 0.1) is 20.8 Å². The predicted octanol–water partition coefficient (Wildman–Crippen LogP) is 9.60. The number of hydrogen-bond acceptors (Lipinski definition) is 3. The molecular weight excluding hydrogens is 516 g/mol. The molecule has 0 N–H and O–H groups in total. The molecule has 0 atom stereocenters. The Morgan fingerprint density at radius 2 is 0.905 bits per heavy atom. The van der Waals surface area contributed by atoms with Gasteiger partial charge in [0.25, 0.3) is 0 Å². The molecule has 0 aliphatic carbocycles. The van der Waals surface area contributed by atoms with Crippen molar-refractivity contribution in [2.45, 2.75) is 47.0 Å². The van der Waals surface area contributed by atoms with E-state index in [4.69, 9.17) is 14.2 Å². The SMILES string of the molecule is Cc1c(C)c(OCc2ccccc2)c(C=CCc2ccc(OCc3ccccc3)cc2)c(C)c1OCc1ccccc1. The van der Waals surface area contributed by atoms with Crippen LogP contribution < -0.4 is 14.2 Å². The molecule has 0 fully saturated rings. The maximum atomic E-state index is 6.49. The van der Waals surface area contributed by atoms with Gasteiger partial charge in [0.1, 0.15) is 37.1 Å². The zero-order chi connectivity index (χ0) is 29.1. The Morgan fingerprint density at radius 3 is 1.43 bits per heavy atom. The lowest BCUT2D eigenvalue weighted by Gasteiger charge is -2.21. The minimum atomic E-state index is 0.510. The van der Waals surface area contributed by atoms with Crippen molar-refractivity contribution in [3.05, 3.63) is 166 Å². The van der Waals surface area contributed by atoms with E-state index >= 15 is 0 Å². The van der Waals surface area contributed by atoms with E-state index in [1.165, 1.54) is 5.56 Å². The van der Waals surface area contributed by atoms with Crippen molar-refractivity contribution in [3.63, 3.8) is 0 Å². The van der Waals surface area contributed by atoms with Crippen LogP contribution in [0.1, 0.15) is 44.5 Å². The first-order valence-electron chi connectivity index (χ1n) is 14.5. The van der Waals surface area contributed by atoms with E-state index in [1.807, 2.05) is 66.7 Å². The van der Waals surface area contributed by atoms with Crippen molar-refractivity contribution in [2.24, 2.45) is 0 Å². The maximum absolute atomic E-state index is 6.49. The van der Waals surface area contributed by atoms with Gasteiger partial charge in [0.05, 0.1) is 0 Å². The highest BCUT2D eigenvalue weighted by atomic mass is 16.5. The van der Waals surface area contributed by atoms with E-state index in [0.717, 1.165) is 62.6 Å². The Morgan fingerprint density at radius 1 is 0.452 bits per heavy atom. The van der Waals surface area contributed by atoms with E-state index < -0.39 is 0 Å². The standard InChI is InChI=1S/C39H38O3/c1-29-30(2)39(42-28-35-18-11-6-12-19-35)37(31(3)38(29)41-27-34-16-9-5-10-17-34)21-13-20-32-22-24-36(25-23-32)40-26-33-14-7-4-8-15-33/h4-19,21-25H,20,26-28H2,1-3H3. The predicted molar refractivity (Wildman–Crippen MR) is 172 cm³/mol. The van der Waals surface area contributed by atoms with Crippen LogP contribution in [0.15, 0.2) is 121 Å². The van der Waals surface area contributed by atoms with Crippen molar-refractivity contribution >= 4 is 6.08 Å². The average Bonchev–Trinajstić information content (AvgIpc) is 3.04. The number of benzene rings is 5. The van der Waals surface area contributed by atoms with Gasteiger partial charge in [0, 0.05) is 11.1 Å². The molecule has 5 aromatic carbocycles. The highest BCUT2D eigenvalue weighted by Crippen LogP contribution is 2.39. The summed E-state index contributed by atoms with van der Waals surface area (Å²) >= 11 is 0. The zero-order valence-corrected chi connectivity index (χ0v) is 24.7. The molecule has 0 aliphatic heterocycles. The molecular formula is C39H38O3. The summed E-state index contributed by atoms with van der Waals surface area (Å²) in [5.74, 6) is 2.69. The van der Waals surface area contributed by atoms with Crippen LogP contribution in [0.4, 0.5) is 0 Å². The highest BCUT2D eigenvalue weighted by Gasteiger charge is 2.19. The summed E-state index contributed by atoms with van der Waals surface area (Å²) in [6, 6.07) is 39.1. The Bertz CT molecular complexity index is 1590. The van der Waals surface area contributed by atoms with Gasteiger partial charge >= 0.3 is 0 Å². The lowest BCUT2D eigenvalue weighted by Crippen LogP contribution is -2.06. The van der Waals surface area contributed by atoms with Crippen molar-refractivity contribution in [1.29, 1.82) is 0 Å². The molecule has 0 heterocycles. The Hall–Kier alpha value is -4.76. The van der Waals surface area contributed by atoms with Crippen molar-refractivity contribution in [1.82, 2.24) is 0 Å². The molecule has 0 bridgehead atoms. The minimum Gasteiger partial charge on any atom is -0.489 e. The average molecular weight is 555 g/mol. The van der Waals surface area contributed by atoms with Crippen LogP contribution >= 0.6 is 0 Å². The van der Waals surface area contributed by atoms with Gasteiger partial charge in [0.2, 0.25) is 0 Å². The Kier molecular flexibility index (Phi) is 9.74. The van der Waals surface area contributed by atoms with Gasteiger partial charge in [-0.25, -0.2) is 0 Å². The van der Waals surface area contributed by atoms with Gasteiger partial charge in [-0.2, -0.15) is 0 Å². The molecule has 0 aliphatic rings. The van der Waals surface area contributed by atoms with Gasteiger partial charge in [-0.15, -0.1) is 0 Å². The first-order valence-corrected chi connectivity index (χ1v) is 14.5. The largest absolute Gasteiger partial charge is 0.489 e. The third-order valence-corrected chi connectivity index (χ3v) is 7.49. The fourth-order valence-electron chi connectivity index (χ4n) is 4.95. The van der Waals surface area contributed by atoms with Crippen molar-refractivity contribution < 1.29 is 14.2 Å². The van der Waals surface area contributed by atoms with Crippen LogP contribution in [0.3, 0.4) is 0 Å². The molecule has 0 radical (unpaired) electrons. The number of allylic oxidation sites excluding steroid dienone is 1. The first kappa shape index (κ1) is 28.8. The van der Waals surface area contributed by atoms with Gasteiger partial charge in [-0.1, -0.05) is 115 Å². The summed E-state index contributed by atoms with van der Waals surface area (Å²) in [5.41, 5.74) is 9.00. The second kappa shape index (κ2) is 14.2. The summed E-state index contributed by atoms with van der Waals surface area (Å²) in [6.07, 6.45) is 5.17. The molecule has 3 nitrogen and oxygen atoms in total. The van der Waals surface area contributed by atoms with Crippen LogP contribution in [0.5, 0.6) is 17.2 Å². The molecule has 0 aromatic heterocycles.